The van der Waals surface area contributed by atoms with Crippen molar-refractivity contribution in [3.05, 3.63) is 36.0 Å². The summed E-state index contributed by atoms with van der Waals surface area (Å²) in [5.74, 6) is 0.716. The van der Waals surface area contributed by atoms with Gasteiger partial charge in [-0.15, -0.1) is 11.3 Å². The topological polar surface area (TPSA) is 56.4 Å². The van der Waals surface area contributed by atoms with Gasteiger partial charge in [0.1, 0.15) is 5.69 Å². The Labute approximate surface area is 127 Å². The van der Waals surface area contributed by atoms with Gasteiger partial charge >= 0.3 is 0 Å². The van der Waals surface area contributed by atoms with Crippen LogP contribution in [0.25, 0.3) is 4.96 Å². The number of nitrogens with one attached hydrogen (secondary N) is 1. The van der Waals surface area contributed by atoms with Gasteiger partial charge in [-0.1, -0.05) is 0 Å². The summed E-state index contributed by atoms with van der Waals surface area (Å²) in [7, 11) is 1.67. The fourth-order valence-corrected chi connectivity index (χ4v) is 3.03. The van der Waals surface area contributed by atoms with E-state index in [1.165, 1.54) is 0 Å². The maximum Gasteiger partial charge on any atom is 0.237 e. The molecule has 0 atom stereocenters. The molecule has 0 fully saturated rings. The van der Waals surface area contributed by atoms with Gasteiger partial charge in [0.05, 0.1) is 13.4 Å². The van der Waals surface area contributed by atoms with Crippen molar-refractivity contribution in [2.75, 3.05) is 13.7 Å². The molecule has 3 rings (SSSR count). The summed E-state index contributed by atoms with van der Waals surface area (Å²) in [6.07, 6.45) is 9.98. The Balaban J connectivity index is 1.45. The fourth-order valence-electron chi connectivity index (χ4n) is 2.31. The second-order valence-corrected chi connectivity index (χ2v) is 5.68. The zero-order valence-corrected chi connectivity index (χ0v) is 12.8. The largest absolute Gasteiger partial charge is 0.480 e. The van der Waals surface area contributed by atoms with E-state index in [4.69, 9.17) is 4.74 Å². The molecule has 0 aliphatic heterocycles. The summed E-state index contributed by atoms with van der Waals surface area (Å²) < 4.78 is 9.53. The summed E-state index contributed by atoms with van der Waals surface area (Å²) in [5.41, 5.74) is 1.09. The van der Waals surface area contributed by atoms with Crippen LogP contribution in [-0.2, 0) is 13.1 Å². The Hall–Kier alpha value is -1.86. The molecule has 0 radical (unpaired) electrons. The maximum atomic E-state index is 5.34. The summed E-state index contributed by atoms with van der Waals surface area (Å²) in [6, 6.07) is 0. The molecule has 0 bridgehead atoms. The Morgan fingerprint density at radius 3 is 3.10 bits per heavy atom. The quantitative estimate of drug-likeness (QED) is 0.648. The van der Waals surface area contributed by atoms with Gasteiger partial charge in [-0.05, 0) is 19.4 Å². The summed E-state index contributed by atoms with van der Waals surface area (Å²) in [5, 5.41) is 5.50. The van der Waals surface area contributed by atoms with Crippen molar-refractivity contribution in [1.29, 1.82) is 0 Å². The first-order valence-electron chi connectivity index (χ1n) is 7.03. The third-order valence-electron chi connectivity index (χ3n) is 3.39. The Morgan fingerprint density at radius 2 is 2.29 bits per heavy atom. The molecule has 21 heavy (non-hydrogen) atoms. The van der Waals surface area contributed by atoms with Crippen molar-refractivity contribution in [2.45, 2.75) is 25.9 Å². The normalized spacial score (nSPS) is 11.3. The molecule has 112 valence electrons. The molecule has 3 aromatic heterocycles. The average Bonchev–Trinajstić information content (AvgIpc) is 3.20. The lowest BCUT2D eigenvalue weighted by molar-refractivity contribution is 0.392. The van der Waals surface area contributed by atoms with Crippen molar-refractivity contribution >= 4 is 16.3 Å². The number of aryl methyl sites for hydroxylation is 1. The number of fused-ring (bicyclic) bond motifs is 1. The van der Waals surface area contributed by atoms with Crippen LogP contribution in [0.15, 0.2) is 30.3 Å². The van der Waals surface area contributed by atoms with Crippen LogP contribution in [0.4, 0.5) is 0 Å². The van der Waals surface area contributed by atoms with Gasteiger partial charge in [0.25, 0.3) is 0 Å². The number of hydrogen-bond acceptors (Lipinski definition) is 5. The standard InChI is InChI=1S/C14H19N5OS/c1-20-13-12(19-8-9-21-14(19)17-13)10-15-4-2-3-6-18-7-5-16-11-18/h5,7-9,11,15H,2-4,6,10H2,1H3. The van der Waals surface area contributed by atoms with Crippen LogP contribution in [0, 0.1) is 0 Å². The lowest BCUT2D eigenvalue weighted by Crippen LogP contribution is -2.16. The van der Waals surface area contributed by atoms with Gasteiger partial charge in [0.15, 0.2) is 4.96 Å². The van der Waals surface area contributed by atoms with E-state index in [9.17, 15) is 0 Å². The molecule has 0 aliphatic rings. The molecule has 7 heteroatoms. The minimum absolute atomic E-state index is 0.716. The average molecular weight is 305 g/mol. The Bertz CT molecular complexity index is 673. The fraction of sp³-hybridized carbons (Fsp3) is 0.429. The predicted octanol–water partition coefficient (Wildman–Crippen LogP) is 2.17. The highest BCUT2D eigenvalue weighted by Gasteiger charge is 2.12. The van der Waals surface area contributed by atoms with Crippen LogP contribution in [-0.4, -0.2) is 32.6 Å². The number of hydrogen-bond donors (Lipinski definition) is 1. The minimum atomic E-state index is 0.716. The highest BCUT2D eigenvalue weighted by Crippen LogP contribution is 2.22. The van der Waals surface area contributed by atoms with E-state index >= 15 is 0 Å². The van der Waals surface area contributed by atoms with E-state index in [2.05, 4.69) is 24.3 Å². The van der Waals surface area contributed by atoms with Crippen LogP contribution >= 0.6 is 11.3 Å². The number of imidazole rings is 2. The number of nitrogens with zero attached hydrogens (tertiary/aromatic N) is 4. The van der Waals surface area contributed by atoms with Gasteiger partial charge < -0.3 is 14.6 Å². The lowest BCUT2D eigenvalue weighted by atomic mass is 10.3. The predicted molar refractivity (Wildman–Crippen MR) is 82.8 cm³/mol. The summed E-state index contributed by atoms with van der Waals surface area (Å²) >= 11 is 1.62. The highest BCUT2D eigenvalue weighted by molar-refractivity contribution is 7.15. The minimum Gasteiger partial charge on any atom is -0.480 e. The second kappa shape index (κ2) is 6.73. The van der Waals surface area contributed by atoms with Crippen molar-refractivity contribution in [3.8, 4) is 5.88 Å². The van der Waals surface area contributed by atoms with E-state index < -0.39 is 0 Å². The molecule has 6 nitrogen and oxygen atoms in total. The van der Waals surface area contributed by atoms with Gasteiger partial charge in [-0.3, -0.25) is 4.40 Å². The van der Waals surface area contributed by atoms with Crippen molar-refractivity contribution in [1.82, 2.24) is 24.3 Å². The molecule has 0 aromatic carbocycles. The number of rotatable bonds is 8. The van der Waals surface area contributed by atoms with Gasteiger partial charge in [-0.2, -0.15) is 4.98 Å². The van der Waals surface area contributed by atoms with Crippen LogP contribution < -0.4 is 10.1 Å². The van der Waals surface area contributed by atoms with E-state index in [1.807, 2.05) is 30.3 Å². The van der Waals surface area contributed by atoms with Crippen molar-refractivity contribution < 1.29 is 4.74 Å². The van der Waals surface area contributed by atoms with Crippen LogP contribution in [0.3, 0.4) is 0 Å². The van der Waals surface area contributed by atoms with E-state index in [-0.39, 0.29) is 0 Å². The van der Waals surface area contributed by atoms with Crippen molar-refractivity contribution in [2.24, 2.45) is 0 Å². The van der Waals surface area contributed by atoms with Crippen molar-refractivity contribution in [3.63, 3.8) is 0 Å². The zero-order valence-electron chi connectivity index (χ0n) is 12.0. The molecule has 0 amide bonds. The summed E-state index contributed by atoms with van der Waals surface area (Å²) in [6.45, 7) is 2.77. The molecule has 0 saturated heterocycles. The molecule has 0 aliphatic carbocycles. The molecule has 3 aromatic rings. The Kier molecular flexibility index (Phi) is 4.52. The van der Waals surface area contributed by atoms with E-state index in [0.717, 1.165) is 43.1 Å². The molecular formula is C14H19N5OS. The third kappa shape index (κ3) is 3.25. The summed E-state index contributed by atoms with van der Waals surface area (Å²) in [4.78, 5) is 9.46. The number of aromatic nitrogens is 4. The molecule has 0 spiro atoms. The number of methoxy groups -OCH3 is 1. The van der Waals surface area contributed by atoms with E-state index in [0.29, 0.717) is 5.88 Å². The van der Waals surface area contributed by atoms with Crippen LogP contribution in [0.5, 0.6) is 5.88 Å². The lowest BCUT2D eigenvalue weighted by Gasteiger charge is -2.06. The van der Waals surface area contributed by atoms with E-state index in [1.54, 1.807) is 18.4 Å². The first-order valence-corrected chi connectivity index (χ1v) is 7.91. The molecule has 3 heterocycles. The number of ether oxygens (including phenoxy) is 1. The highest BCUT2D eigenvalue weighted by atomic mass is 32.1. The smallest absolute Gasteiger partial charge is 0.237 e. The van der Waals surface area contributed by atoms with Gasteiger partial charge in [0, 0.05) is 37.1 Å². The van der Waals surface area contributed by atoms with Crippen LogP contribution in [0.1, 0.15) is 18.5 Å². The SMILES string of the molecule is COc1nc2sccn2c1CNCCCCn1ccnc1. The van der Waals surface area contributed by atoms with Crippen LogP contribution in [0.2, 0.25) is 0 Å². The number of thiazole rings is 1. The molecule has 0 unspecified atom stereocenters. The second-order valence-electron chi connectivity index (χ2n) is 4.81. The Morgan fingerprint density at radius 1 is 1.33 bits per heavy atom. The first-order chi connectivity index (χ1) is 10.4. The maximum absolute atomic E-state index is 5.34. The number of unbranched alkanes of at least 4 members (excludes halogenated alkanes) is 1. The first kappa shape index (κ1) is 14.1. The molecular weight excluding hydrogens is 286 g/mol. The molecule has 1 N–H and O–H groups in total. The van der Waals surface area contributed by atoms with Gasteiger partial charge in [-0.25, -0.2) is 4.98 Å². The third-order valence-corrected chi connectivity index (χ3v) is 4.15. The monoisotopic (exact) mass is 305 g/mol. The zero-order chi connectivity index (χ0) is 14.5. The molecule has 0 saturated carbocycles. The van der Waals surface area contributed by atoms with Gasteiger partial charge in [0.2, 0.25) is 5.88 Å².